The van der Waals surface area contributed by atoms with Crippen LogP contribution in [0.2, 0.25) is 0 Å². The predicted octanol–water partition coefficient (Wildman–Crippen LogP) is 4.70. The first-order valence-electron chi connectivity index (χ1n) is 29.4. The minimum atomic E-state index is -1.98. The molecule has 77 heavy (non-hydrogen) atoms. The summed E-state index contributed by atoms with van der Waals surface area (Å²) < 4.78 is 34.2. The third-order valence-electron chi connectivity index (χ3n) is 14.6. The van der Waals surface area contributed by atoms with Crippen molar-refractivity contribution in [2.24, 2.45) is 0 Å². The van der Waals surface area contributed by atoms with Crippen LogP contribution in [0.3, 0.4) is 0 Å². The number of rotatable bonds is 42. The molecular formula is C58H103NO18. The number of aliphatic hydroxyl groups excluding tert-OH is 11. The highest BCUT2D eigenvalue weighted by atomic mass is 16.8. The number of carbonyl (C=O) groups excluding carboxylic acids is 1. The molecule has 3 rings (SSSR count). The Morgan fingerprint density at radius 1 is 0.455 bits per heavy atom. The van der Waals surface area contributed by atoms with Crippen LogP contribution in [0.4, 0.5) is 0 Å². The van der Waals surface area contributed by atoms with E-state index >= 15 is 0 Å². The summed E-state index contributed by atoms with van der Waals surface area (Å²) in [5.41, 5.74) is 0. The van der Waals surface area contributed by atoms with Crippen LogP contribution >= 0.6 is 0 Å². The van der Waals surface area contributed by atoms with Crippen molar-refractivity contribution in [1.82, 2.24) is 5.32 Å². The van der Waals surface area contributed by atoms with Crippen LogP contribution in [0.1, 0.15) is 181 Å². The molecule has 0 saturated carbocycles. The fraction of sp³-hybridized carbons (Fsp3) is 0.845. The van der Waals surface area contributed by atoms with Crippen molar-refractivity contribution in [2.45, 2.75) is 285 Å². The molecule has 3 aliphatic rings. The van der Waals surface area contributed by atoms with Gasteiger partial charge in [0.15, 0.2) is 18.9 Å². The lowest BCUT2D eigenvalue weighted by Gasteiger charge is -2.48. The standard InChI is InChI=1S/C58H103NO18/c1-3-5-7-9-11-13-15-17-19-20-22-24-26-28-30-32-34-36-46(64)59-41(42(63)35-33-31-29-27-25-23-21-18-16-14-12-10-8-6-4-2)40-72-56-52(70)49(67)54(44(38-61)74-56)77-58-53(71)50(68)55(45(39-62)75-58)76-57-51(69)48(66)47(65)43(37-60)73-57/h16-19,25,27,33,35,41-45,47-58,60-63,65-71H,3-15,20-24,26,28-32,34,36-40H2,1-2H3,(H,59,64)/b18-16+,19-17-,27-25+,35-33+. The molecule has 0 aromatic rings. The molecule has 3 aliphatic heterocycles. The molecule has 12 N–H and O–H groups in total. The van der Waals surface area contributed by atoms with Crippen molar-refractivity contribution in [3.8, 4) is 0 Å². The fourth-order valence-electron chi connectivity index (χ4n) is 9.69. The molecule has 17 atom stereocenters. The average molecular weight is 1100 g/mol. The molecule has 0 radical (unpaired) electrons. The number of hydrogen-bond donors (Lipinski definition) is 12. The van der Waals surface area contributed by atoms with Crippen molar-refractivity contribution in [3.63, 3.8) is 0 Å². The number of allylic oxidation sites excluding steroid dienone is 7. The minimum absolute atomic E-state index is 0.226. The van der Waals surface area contributed by atoms with E-state index in [9.17, 15) is 61.0 Å². The molecule has 3 fully saturated rings. The second kappa shape index (κ2) is 41.7. The number of nitrogens with one attached hydrogen (secondary N) is 1. The number of unbranched alkanes of at least 4 members (excludes halogenated alkanes) is 20. The Labute approximate surface area is 459 Å². The number of aliphatic hydroxyl groups is 11. The summed E-state index contributed by atoms with van der Waals surface area (Å²) in [5, 5.41) is 120. The average Bonchev–Trinajstić information content (AvgIpc) is 3.45. The molecule has 1 amide bonds. The van der Waals surface area contributed by atoms with Crippen molar-refractivity contribution < 1.29 is 89.4 Å². The molecule has 17 unspecified atom stereocenters. The van der Waals surface area contributed by atoms with E-state index in [-0.39, 0.29) is 18.9 Å². The lowest BCUT2D eigenvalue weighted by molar-refractivity contribution is -0.379. The first-order chi connectivity index (χ1) is 37.3. The molecule has 0 bridgehead atoms. The Balaban J connectivity index is 1.53. The van der Waals surface area contributed by atoms with Crippen molar-refractivity contribution in [1.29, 1.82) is 0 Å². The summed E-state index contributed by atoms with van der Waals surface area (Å²) in [4.78, 5) is 13.3. The quantitative estimate of drug-likeness (QED) is 0.0291. The second-order valence-electron chi connectivity index (χ2n) is 21.1. The lowest BCUT2D eigenvalue weighted by Crippen LogP contribution is -2.66. The Morgan fingerprint density at radius 2 is 0.831 bits per heavy atom. The van der Waals surface area contributed by atoms with E-state index in [0.29, 0.717) is 12.8 Å². The molecule has 0 aromatic carbocycles. The summed E-state index contributed by atoms with van der Waals surface area (Å²) in [6.07, 6.45) is 18.1. The molecular weight excluding hydrogens is 999 g/mol. The molecule has 19 heteroatoms. The Kier molecular flexibility index (Phi) is 37.4. The highest BCUT2D eigenvalue weighted by Gasteiger charge is 2.53. The van der Waals surface area contributed by atoms with Crippen LogP contribution in [0.5, 0.6) is 0 Å². The van der Waals surface area contributed by atoms with E-state index in [0.717, 1.165) is 57.8 Å². The number of ether oxygens (including phenoxy) is 6. The maximum atomic E-state index is 13.3. The van der Waals surface area contributed by atoms with Crippen LogP contribution in [0.15, 0.2) is 48.6 Å². The van der Waals surface area contributed by atoms with Crippen LogP contribution in [0.25, 0.3) is 0 Å². The van der Waals surface area contributed by atoms with Crippen LogP contribution in [-0.2, 0) is 33.2 Å². The lowest BCUT2D eigenvalue weighted by atomic mass is 9.96. The van der Waals surface area contributed by atoms with Crippen LogP contribution < -0.4 is 5.32 Å². The molecule has 3 saturated heterocycles. The smallest absolute Gasteiger partial charge is 0.220 e. The zero-order valence-corrected chi connectivity index (χ0v) is 46.4. The highest BCUT2D eigenvalue weighted by molar-refractivity contribution is 5.76. The summed E-state index contributed by atoms with van der Waals surface area (Å²) in [7, 11) is 0. The topological polar surface area (TPSA) is 307 Å². The minimum Gasteiger partial charge on any atom is -0.394 e. The number of carbonyl (C=O) groups is 1. The van der Waals surface area contributed by atoms with E-state index < -0.39 is 124 Å². The maximum Gasteiger partial charge on any atom is 0.220 e. The molecule has 448 valence electrons. The van der Waals surface area contributed by atoms with E-state index in [2.05, 4.69) is 55.6 Å². The van der Waals surface area contributed by atoms with Crippen LogP contribution in [0, 0.1) is 0 Å². The van der Waals surface area contributed by atoms with E-state index in [1.54, 1.807) is 6.08 Å². The van der Waals surface area contributed by atoms with Gasteiger partial charge in [-0.1, -0.05) is 152 Å². The van der Waals surface area contributed by atoms with Gasteiger partial charge in [0.2, 0.25) is 5.91 Å². The zero-order valence-electron chi connectivity index (χ0n) is 46.4. The van der Waals surface area contributed by atoms with Gasteiger partial charge in [0.1, 0.15) is 73.2 Å². The normalized spacial score (nSPS) is 31.1. The Bertz CT molecular complexity index is 1600. The third kappa shape index (κ3) is 26.0. The number of hydrogen-bond acceptors (Lipinski definition) is 18. The predicted molar refractivity (Wildman–Crippen MR) is 291 cm³/mol. The Morgan fingerprint density at radius 3 is 1.30 bits per heavy atom. The summed E-state index contributed by atoms with van der Waals surface area (Å²) in [5.74, 6) is -0.297. The monoisotopic (exact) mass is 1100 g/mol. The van der Waals surface area contributed by atoms with Gasteiger partial charge in [0, 0.05) is 6.42 Å². The van der Waals surface area contributed by atoms with Crippen molar-refractivity contribution in [2.75, 3.05) is 26.4 Å². The largest absolute Gasteiger partial charge is 0.394 e. The van der Waals surface area contributed by atoms with Gasteiger partial charge in [0.05, 0.1) is 38.6 Å². The number of amides is 1. The molecule has 0 aliphatic carbocycles. The van der Waals surface area contributed by atoms with Crippen molar-refractivity contribution in [3.05, 3.63) is 48.6 Å². The molecule has 3 heterocycles. The van der Waals surface area contributed by atoms with Gasteiger partial charge in [-0.25, -0.2) is 0 Å². The van der Waals surface area contributed by atoms with E-state index in [1.807, 2.05) is 6.08 Å². The van der Waals surface area contributed by atoms with E-state index in [1.165, 1.54) is 89.9 Å². The van der Waals surface area contributed by atoms with Gasteiger partial charge < -0.3 is 89.9 Å². The van der Waals surface area contributed by atoms with Gasteiger partial charge in [-0.15, -0.1) is 0 Å². The second-order valence-corrected chi connectivity index (χ2v) is 21.1. The van der Waals surface area contributed by atoms with Crippen LogP contribution in [-0.4, -0.2) is 193 Å². The maximum absolute atomic E-state index is 13.3. The molecule has 0 spiro atoms. The fourth-order valence-corrected chi connectivity index (χ4v) is 9.69. The summed E-state index contributed by atoms with van der Waals surface area (Å²) in [6, 6.07) is -0.997. The third-order valence-corrected chi connectivity index (χ3v) is 14.6. The SMILES string of the molecule is CCCCCCC/C=C/CC/C=C/CC/C=C/C(O)C(COC1OC(CO)C(OC2OC(CO)C(OC3OC(CO)C(O)C(O)C3O)C(O)C2O)C(O)C1O)NC(=O)CCCCCCCCC/C=C\CCCCCCCC. The summed E-state index contributed by atoms with van der Waals surface area (Å²) >= 11 is 0. The first kappa shape index (κ1) is 69.0. The van der Waals surface area contributed by atoms with Gasteiger partial charge in [-0.3, -0.25) is 4.79 Å². The first-order valence-corrected chi connectivity index (χ1v) is 29.4. The van der Waals surface area contributed by atoms with Gasteiger partial charge in [0.25, 0.3) is 0 Å². The van der Waals surface area contributed by atoms with E-state index in [4.69, 9.17) is 28.4 Å². The van der Waals surface area contributed by atoms with Gasteiger partial charge >= 0.3 is 0 Å². The van der Waals surface area contributed by atoms with Gasteiger partial charge in [-0.2, -0.15) is 0 Å². The highest BCUT2D eigenvalue weighted by Crippen LogP contribution is 2.33. The Hall–Kier alpha value is -2.25. The molecule has 19 nitrogen and oxygen atoms in total. The summed E-state index contributed by atoms with van der Waals surface area (Å²) in [6.45, 7) is 1.65. The van der Waals surface area contributed by atoms with Crippen molar-refractivity contribution >= 4 is 5.91 Å². The zero-order chi connectivity index (χ0) is 56.2. The van der Waals surface area contributed by atoms with Gasteiger partial charge in [-0.05, 0) is 70.6 Å². The molecule has 0 aromatic heterocycles.